The van der Waals surface area contributed by atoms with Gasteiger partial charge in [-0.2, -0.15) is 10.2 Å². The first-order chi connectivity index (χ1) is 11.2. The molecule has 1 unspecified atom stereocenters. The van der Waals surface area contributed by atoms with Crippen LogP contribution < -0.4 is 9.46 Å². The Morgan fingerprint density at radius 1 is 1.38 bits per heavy atom. The minimum absolute atomic E-state index is 0.0846. The number of rotatable bonds is 4. The highest BCUT2D eigenvalue weighted by molar-refractivity contribution is 7.92. The molecule has 0 spiro atoms. The first-order valence-corrected chi connectivity index (χ1v) is 9.46. The van der Waals surface area contributed by atoms with Gasteiger partial charge in [-0.1, -0.05) is 6.92 Å². The predicted molar refractivity (Wildman–Crippen MR) is 89.8 cm³/mol. The third kappa shape index (κ3) is 2.77. The lowest BCUT2D eigenvalue weighted by atomic mass is 10.2. The van der Waals surface area contributed by atoms with Gasteiger partial charge >= 0.3 is 0 Å². The van der Waals surface area contributed by atoms with Crippen molar-refractivity contribution in [2.24, 2.45) is 5.92 Å². The minimum Gasteiger partial charge on any atom is -0.476 e. The Hall–Kier alpha value is -2.03. The summed E-state index contributed by atoms with van der Waals surface area (Å²) in [7, 11) is -3.77. The summed E-state index contributed by atoms with van der Waals surface area (Å²) in [6, 6.07) is 0.0846. The van der Waals surface area contributed by atoms with Crippen molar-refractivity contribution in [1.29, 1.82) is 0 Å². The van der Waals surface area contributed by atoms with Gasteiger partial charge < -0.3 is 4.74 Å². The Morgan fingerprint density at radius 3 is 2.71 bits per heavy atom. The second kappa shape index (κ2) is 5.80. The first-order valence-electron chi connectivity index (χ1n) is 7.98. The molecular weight excluding hydrogens is 330 g/mol. The van der Waals surface area contributed by atoms with Crippen molar-refractivity contribution in [3.05, 3.63) is 17.6 Å². The average molecular weight is 353 g/mol. The Bertz CT molecular complexity index is 866. The smallest absolute Gasteiger partial charge is 0.265 e. The molecule has 0 aromatic carbocycles. The molecule has 0 saturated heterocycles. The molecule has 0 saturated carbocycles. The monoisotopic (exact) mass is 353 g/mol. The summed E-state index contributed by atoms with van der Waals surface area (Å²) in [4.78, 5) is 0.209. The Morgan fingerprint density at radius 2 is 2.08 bits per heavy atom. The predicted octanol–water partition coefficient (Wildman–Crippen LogP) is 2.11. The van der Waals surface area contributed by atoms with Crippen LogP contribution in [0.3, 0.4) is 0 Å². The lowest BCUT2D eigenvalue weighted by molar-refractivity contribution is 0.176. The van der Waals surface area contributed by atoms with Gasteiger partial charge in [0.2, 0.25) is 5.88 Å². The normalized spacial score (nSPS) is 17.7. The standard InChI is InChI=1S/C15H23N5O3S/c1-9(2)20-12(5)14(11(4)17-20)24(21,22)18-13-6-16-19-7-10(3)8-23-15(13)19/h6,9-10,18H,7-8H2,1-5H3. The minimum atomic E-state index is -3.77. The van der Waals surface area contributed by atoms with Crippen molar-refractivity contribution < 1.29 is 13.2 Å². The molecule has 8 nitrogen and oxygen atoms in total. The maximum atomic E-state index is 12.9. The van der Waals surface area contributed by atoms with Gasteiger partial charge in [-0.05, 0) is 27.7 Å². The van der Waals surface area contributed by atoms with Crippen molar-refractivity contribution in [3.8, 4) is 5.88 Å². The molecule has 0 radical (unpaired) electrons. The number of anilines is 1. The van der Waals surface area contributed by atoms with Gasteiger partial charge in [0.1, 0.15) is 10.6 Å². The maximum Gasteiger partial charge on any atom is 0.265 e. The second-order valence-corrected chi connectivity index (χ2v) is 8.22. The highest BCUT2D eigenvalue weighted by Gasteiger charge is 2.29. The van der Waals surface area contributed by atoms with Gasteiger partial charge in [0.15, 0.2) is 0 Å². The molecule has 0 amide bonds. The van der Waals surface area contributed by atoms with E-state index in [1.807, 2.05) is 13.8 Å². The van der Waals surface area contributed by atoms with E-state index in [2.05, 4.69) is 21.8 Å². The largest absolute Gasteiger partial charge is 0.476 e. The van der Waals surface area contributed by atoms with Crippen LogP contribution in [0.5, 0.6) is 5.88 Å². The number of nitrogens with one attached hydrogen (secondary N) is 1. The summed E-state index contributed by atoms with van der Waals surface area (Å²) in [5.74, 6) is 0.804. The molecule has 1 aliphatic rings. The van der Waals surface area contributed by atoms with Crippen LogP contribution in [0.25, 0.3) is 0 Å². The summed E-state index contributed by atoms with van der Waals surface area (Å²) < 4.78 is 37.4. The summed E-state index contributed by atoms with van der Waals surface area (Å²) in [5, 5.41) is 8.56. The van der Waals surface area contributed by atoms with E-state index >= 15 is 0 Å². The van der Waals surface area contributed by atoms with Gasteiger partial charge in [-0.15, -0.1) is 0 Å². The maximum absolute atomic E-state index is 12.9. The average Bonchev–Trinajstić information content (AvgIpc) is 2.99. The van der Waals surface area contributed by atoms with E-state index in [1.165, 1.54) is 6.20 Å². The number of nitrogens with zero attached hydrogens (tertiary/aromatic N) is 4. The third-order valence-corrected chi connectivity index (χ3v) is 5.66. The highest BCUT2D eigenvalue weighted by atomic mass is 32.2. The Labute approximate surface area is 141 Å². The topological polar surface area (TPSA) is 91.0 Å². The van der Waals surface area contributed by atoms with Crippen LogP contribution in [0.1, 0.15) is 38.2 Å². The fourth-order valence-electron chi connectivity index (χ4n) is 3.03. The third-order valence-electron chi connectivity index (χ3n) is 4.04. The van der Waals surface area contributed by atoms with E-state index in [4.69, 9.17) is 4.74 Å². The SMILES string of the molecule is Cc1nn(C(C)C)c(C)c1S(=O)(=O)Nc1cnn2c1OCC(C)C2. The first kappa shape index (κ1) is 16.8. The number of aryl methyl sites for hydroxylation is 1. The lowest BCUT2D eigenvalue weighted by Gasteiger charge is -2.21. The van der Waals surface area contributed by atoms with Crippen LogP contribution in [-0.2, 0) is 16.6 Å². The molecule has 1 aliphatic heterocycles. The number of aromatic nitrogens is 4. The number of sulfonamides is 1. The molecule has 24 heavy (non-hydrogen) atoms. The van der Waals surface area contributed by atoms with Gasteiger partial charge in [-0.3, -0.25) is 9.40 Å². The molecular formula is C15H23N5O3S. The van der Waals surface area contributed by atoms with Crippen LogP contribution in [0.15, 0.2) is 11.1 Å². The molecule has 9 heteroatoms. The molecule has 2 aromatic heterocycles. The van der Waals surface area contributed by atoms with Crippen molar-refractivity contribution in [2.45, 2.75) is 52.1 Å². The summed E-state index contributed by atoms with van der Waals surface area (Å²) >= 11 is 0. The lowest BCUT2D eigenvalue weighted by Crippen LogP contribution is -2.24. The van der Waals surface area contributed by atoms with E-state index in [1.54, 1.807) is 23.2 Å². The molecule has 0 aliphatic carbocycles. The zero-order valence-electron chi connectivity index (χ0n) is 14.6. The number of ether oxygens (including phenoxy) is 1. The van der Waals surface area contributed by atoms with E-state index in [0.717, 1.165) is 0 Å². The van der Waals surface area contributed by atoms with Gasteiger partial charge in [0.05, 0.1) is 30.7 Å². The van der Waals surface area contributed by atoms with Crippen molar-refractivity contribution in [2.75, 3.05) is 11.3 Å². The molecule has 3 rings (SSSR count). The van der Waals surface area contributed by atoms with Crippen molar-refractivity contribution >= 4 is 15.7 Å². The molecule has 132 valence electrons. The second-order valence-electron chi connectivity index (χ2n) is 6.61. The van der Waals surface area contributed by atoms with E-state index in [-0.39, 0.29) is 10.9 Å². The summed E-state index contributed by atoms with van der Waals surface area (Å²) in [5.41, 5.74) is 1.45. The van der Waals surface area contributed by atoms with Crippen LogP contribution in [0, 0.1) is 19.8 Å². The van der Waals surface area contributed by atoms with E-state index < -0.39 is 10.0 Å². The summed E-state index contributed by atoms with van der Waals surface area (Å²) in [6.45, 7) is 10.7. The van der Waals surface area contributed by atoms with Gasteiger partial charge in [0.25, 0.3) is 10.0 Å². The van der Waals surface area contributed by atoms with Crippen molar-refractivity contribution in [3.63, 3.8) is 0 Å². The van der Waals surface area contributed by atoms with Gasteiger partial charge in [0, 0.05) is 12.0 Å². The molecule has 0 bridgehead atoms. The van der Waals surface area contributed by atoms with Crippen molar-refractivity contribution in [1.82, 2.24) is 19.6 Å². The fraction of sp³-hybridized carbons (Fsp3) is 0.600. The Balaban J connectivity index is 1.96. The van der Waals surface area contributed by atoms with Gasteiger partial charge in [-0.25, -0.2) is 13.1 Å². The summed E-state index contributed by atoms with van der Waals surface area (Å²) in [6.07, 6.45) is 1.49. The number of hydrogen-bond donors (Lipinski definition) is 1. The zero-order valence-corrected chi connectivity index (χ0v) is 15.4. The van der Waals surface area contributed by atoms with Crippen LogP contribution in [0.4, 0.5) is 5.69 Å². The van der Waals surface area contributed by atoms with Crippen LogP contribution >= 0.6 is 0 Å². The highest BCUT2D eigenvalue weighted by Crippen LogP contribution is 2.32. The number of hydrogen-bond acceptors (Lipinski definition) is 5. The molecule has 2 aromatic rings. The molecule has 1 atom stereocenters. The Kier molecular flexibility index (Phi) is 4.06. The fourth-order valence-corrected chi connectivity index (χ4v) is 4.47. The molecule has 1 N–H and O–H groups in total. The molecule has 3 heterocycles. The van der Waals surface area contributed by atoms with E-state index in [0.29, 0.717) is 42.0 Å². The van der Waals surface area contributed by atoms with Crippen LogP contribution in [0.2, 0.25) is 0 Å². The van der Waals surface area contributed by atoms with E-state index in [9.17, 15) is 8.42 Å². The molecule has 0 fully saturated rings. The number of fused-ring (bicyclic) bond motifs is 1. The zero-order chi connectivity index (χ0) is 17.6. The van der Waals surface area contributed by atoms with Crippen LogP contribution in [-0.4, -0.2) is 34.6 Å². The quantitative estimate of drug-likeness (QED) is 0.909.